The van der Waals surface area contributed by atoms with Crippen LogP contribution < -0.4 is 14.9 Å². The molecule has 0 spiro atoms. The third kappa shape index (κ3) is 3.45. The zero-order valence-corrected chi connectivity index (χ0v) is 15.3. The van der Waals surface area contributed by atoms with Crippen molar-refractivity contribution in [1.29, 1.82) is 0 Å². The predicted molar refractivity (Wildman–Crippen MR) is 105 cm³/mol. The Hall–Kier alpha value is -4.01. The number of methoxy groups -OCH3 is 2. The number of nitrogens with zero attached hydrogens (tertiary/aromatic N) is 6. The fourth-order valence-electron chi connectivity index (χ4n) is 2.65. The van der Waals surface area contributed by atoms with Crippen molar-refractivity contribution in [2.45, 2.75) is 0 Å². The lowest BCUT2D eigenvalue weighted by Crippen LogP contribution is -2.00. The molecule has 4 aromatic rings. The highest BCUT2D eigenvalue weighted by molar-refractivity contribution is 5.88. The Morgan fingerprint density at radius 3 is 2.86 bits per heavy atom. The molecule has 0 bridgehead atoms. The van der Waals surface area contributed by atoms with Gasteiger partial charge >= 0.3 is 0 Å². The number of nitrogens with one attached hydrogen (secondary N) is 1. The molecule has 1 N–H and O–H groups in total. The first-order valence-electron chi connectivity index (χ1n) is 8.41. The van der Waals surface area contributed by atoms with Gasteiger partial charge in [0.25, 0.3) is 0 Å². The molecule has 4 rings (SSSR count). The average Bonchev–Trinajstić information content (AvgIpc) is 3.19. The molecule has 9 nitrogen and oxygen atoms in total. The number of anilines is 1. The maximum absolute atomic E-state index is 5.28. The second-order valence-electron chi connectivity index (χ2n) is 5.72. The summed E-state index contributed by atoms with van der Waals surface area (Å²) < 4.78 is 12.1. The number of hydrogen-bond acceptors (Lipinski definition) is 8. The minimum atomic E-state index is 0.521. The van der Waals surface area contributed by atoms with E-state index in [4.69, 9.17) is 9.47 Å². The third-order valence-corrected chi connectivity index (χ3v) is 4.02. The molecule has 1 aromatic carbocycles. The molecule has 140 valence electrons. The van der Waals surface area contributed by atoms with Crippen LogP contribution in [0.4, 0.5) is 5.82 Å². The number of benzene rings is 1. The van der Waals surface area contributed by atoms with Crippen LogP contribution >= 0.6 is 0 Å². The standard InChI is InChI=1S/C19H17N7O2/c1-27-15-5-3-4-14(9-15)26-19-16(11-24-26)18(21-12-22-19)25-23-10-13-6-7-20-17(8-13)28-2/h3-12H,1-2H3,(H,21,22,25). The lowest BCUT2D eigenvalue weighted by molar-refractivity contribution is 0.398. The number of pyridine rings is 1. The Morgan fingerprint density at radius 1 is 1.07 bits per heavy atom. The van der Waals surface area contributed by atoms with Gasteiger partial charge in [0.1, 0.15) is 12.1 Å². The number of fused-ring (bicyclic) bond motifs is 1. The highest BCUT2D eigenvalue weighted by Gasteiger charge is 2.11. The third-order valence-electron chi connectivity index (χ3n) is 4.02. The zero-order chi connectivity index (χ0) is 19.3. The molecule has 3 aromatic heterocycles. The van der Waals surface area contributed by atoms with Crippen LogP contribution in [0.25, 0.3) is 16.7 Å². The fourth-order valence-corrected chi connectivity index (χ4v) is 2.65. The van der Waals surface area contributed by atoms with E-state index in [1.54, 1.807) is 43.6 Å². The molecule has 0 saturated heterocycles. The van der Waals surface area contributed by atoms with Crippen molar-refractivity contribution in [1.82, 2.24) is 24.7 Å². The molecule has 0 aliphatic rings. The molecule has 9 heteroatoms. The number of ether oxygens (including phenoxy) is 2. The molecule has 0 radical (unpaired) electrons. The van der Waals surface area contributed by atoms with Crippen LogP contribution in [0.5, 0.6) is 11.6 Å². The van der Waals surface area contributed by atoms with Crippen molar-refractivity contribution < 1.29 is 9.47 Å². The molecular formula is C19H17N7O2. The van der Waals surface area contributed by atoms with Gasteiger partial charge in [-0.2, -0.15) is 10.2 Å². The number of rotatable bonds is 6. The highest BCUT2D eigenvalue weighted by atomic mass is 16.5. The van der Waals surface area contributed by atoms with Crippen molar-refractivity contribution >= 4 is 23.1 Å². The summed E-state index contributed by atoms with van der Waals surface area (Å²) in [5, 5.41) is 9.42. The summed E-state index contributed by atoms with van der Waals surface area (Å²) in [6.07, 6.45) is 6.47. The molecule has 0 aliphatic heterocycles. The predicted octanol–water partition coefficient (Wildman–Crippen LogP) is 2.67. The van der Waals surface area contributed by atoms with Crippen LogP contribution in [-0.4, -0.2) is 45.2 Å². The second kappa shape index (κ2) is 7.70. The van der Waals surface area contributed by atoms with Gasteiger partial charge in [-0.15, -0.1) is 0 Å². The first-order valence-corrected chi connectivity index (χ1v) is 8.41. The summed E-state index contributed by atoms with van der Waals surface area (Å²) in [6.45, 7) is 0. The van der Waals surface area contributed by atoms with Crippen molar-refractivity contribution in [2.75, 3.05) is 19.6 Å². The summed E-state index contributed by atoms with van der Waals surface area (Å²) in [6, 6.07) is 11.2. The van der Waals surface area contributed by atoms with Crippen molar-refractivity contribution in [3.05, 3.63) is 60.7 Å². The smallest absolute Gasteiger partial charge is 0.213 e. The highest BCUT2D eigenvalue weighted by Crippen LogP contribution is 2.23. The minimum Gasteiger partial charge on any atom is -0.497 e. The molecular weight excluding hydrogens is 358 g/mol. The van der Waals surface area contributed by atoms with E-state index in [1.165, 1.54) is 6.33 Å². The van der Waals surface area contributed by atoms with Gasteiger partial charge in [0.15, 0.2) is 11.5 Å². The number of hydrogen-bond donors (Lipinski definition) is 1. The first kappa shape index (κ1) is 17.4. The number of hydrazone groups is 1. The first-order chi connectivity index (χ1) is 13.8. The Balaban J connectivity index is 1.62. The summed E-state index contributed by atoms with van der Waals surface area (Å²) in [5.74, 6) is 1.82. The topological polar surface area (TPSA) is 99.3 Å². The monoisotopic (exact) mass is 375 g/mol. The molecule has 0 unspecified atom stereocenters. The van der Waals surface area contributed by atoms with E-state index in [2.05, 4.69) is 30.6 Å². The lowest BCUT2D eigenvalue weighted by atomic mass is 10.3. The summed E-state index contributed by atoms with van der Waals surface area (Å²) in [7, 11) is 3.19. The van der Waals surface area contributed by atoms with Gasteiger partial charge in [-0.3, -0.25) is 5.43 Å². The average molecular weight is 375 g/mol. The van der Waals surface area contributed by atoms with Gasteiger partial charge in [0.2, 0.25) is 5.88 Å². The van der Waals surface area contributed by atoms with Gasteiger partial charge in [-0.05, 0) is 18.2 Å². The molecule has 0 aliphatic carbocycles. The van der Waals surface area contributed by atoms with Crippen LogP contribution in [0.3, 0.4) is 0 Å². The van der Waals surface area contributed by atoms with E-state index in [1.807, 2.05) is 30.3 Å². The summed E-state index contributed by atoms with van der Waals surface area (Å²) >= 11 is 0. The Morgan fingerprint density at radius 2 is 2.00 bits per heavy atom. The summed E-state index contributed by atoms with van der Waals surface area (Å²) in [4.78, 5) is 12.7. The van der Waals surface area contributed by atoms with E-state index >= 15 is 0 Å². The van der Waals surface area contributed by atoms with Crippen LogP contribution in [-0.2, 0) is 0 Å². The van der Waals surface area contributed by atoms with Crippen LogP contribution in [0.2, 0.25) is 0 Å². The van der Waals surface area contributed by atoms with E-state index in [0.717, 1.165) is 22.4 Å². The van der Waals surface area contributed by atoms with Gasteiger partial charge in [-0.1, -0.05) is 6.07 Å². The van der Waals surface area contributed by atoms with Crippen molar-refractivity contribution in [2.24, 2.45) is 5.10 Å². The molecule has 0 fully saturated rings. The van der Waals surface area contributed by atoms with E-state index < -0.39 is 0 Å². The van der Waals surface area contributed by atoms with Gasteiger partial charge in [0.05, 0.1) is 37.7 Å². The van der Waals surface area contributed by atoms with E-state index in [9.17, 15) is 0 Å². The van der Waals surface area contributed by atoms with Crippen LogP contribution in [0.15, 0.2) is 60.2 Å². The normalized spacial score (nSPS) is 11.1. The van der Waals surface area contributed by atoms with Gasteiger partial charge in [0, 0.05) is 23.9 Å². The molecule has 0 atom stereocenters. The van der Waals surface area contributed by atoms with Crippen LogP contribution in [0, 0.1) is 0 Å². The number of aromatic nitrogens is 5. The SMILES string of the molecule is COc1cccc(-n2ncc3c(NN=Cc4ccnc(OC)c4)ncnc32)c1. The maximum Gasteiger partial charge on any atom is 0.213 e. The maximum atomic E-state index is 5.28. The molecule has 28 heavy (non-hydrogen) atoms. The van der Waals surface area contributed by atoms with Crippen molar-refractivity contribution in [3.63, 3.8) is 0 Å². The summed E-state index contributed by atoms with van der Waals surface area (Å²) in [5.41, 5.74) is 5.28. The van der Waals surface area contributed by atoms with E-state index in [0.29, 0.717) is 17.3 Å². The second-order valence-corrected chi connectivity index (χ2v) is 5.72. The van der Waals surface area contributed by atoms with Gasteiger partial charge in [-0.25, -0.2) is 19.6 Å². The quantitative estimate of drug-likeness (QED) is 0.408. The molecule has 0 amide bonds. The minimum absolute atomic E-state index is 0.521. The zero-order valence-electron chi connectivity index (χ0n) is 15.3. The lowest BCUT2D eigenvalue weighted by Gasteiger charge is -2.06. The van der Waals surface area contributed by atoms with E-state index in [-0.39, 0.29) is 0 Å². The Bertz CT molecular complexity index is 1140. The Labute approximate surface area is 160 Å². The van der Waals surface area contributed by atoms with Crippen LogP contribution in [0.1, 0.15) is 5.56 Å². The largest absolute Gasteiger partial charge is 0.497 e. The molecule has 3 heterocycles. The van der Waals surface area contributed by atoms with Crippen molar-refractivity contribution in [3.8, 4) is 17.3 Å². The Kier molecular flexibility index (Phi) is 4.79. The fraction of sp³-hybridized carbons (Fsp3) is 0.105. The van der Waals surface area contributed by atoms with Gasteiger partial charge < -0.3 is 9.47 Å². The molecule has 0 saturated carbocycles.